The van der Waals surface area contributed by atoms with Crippen LogP contribution >= 0.6 is 0 Å². The first kappa shape index (κ1) is 7.59. The zero-order valence-corrected chi connectivity index (χ0v) is 6.17. The van der Waals surface area contributed by atoms with Crippen molar-refractivity contribution in [2.24, 2.45) is 0 Å². The van der Waals surface area contributed by atoms with Crippen molar-refractivity contribution < 1.29 is 9.47 Å². The Labute approximate surface area is 61.5 Å². The number of hydrogen-bond donors (Lipinski definition) is 0. The van der Waals surface area contributed by atoms with Crippen LogP contribution in [0.3, 0.4) is 0 Å². The van der Waals surface area contributed by atoms with Gasteiger partial charge in [-0.15, -0.1) is 6.42 Å². The molecule has 0 radical (unpaired) electrons. The van der Waals surface area contributed by atoms with Gasteiger partial charge in [0.2, 0.25) is 0 Å². The Kier molecular flexibility index (Phi) is 2.73. The van der Waals surface area contributed by atoms with Crippen LogP contribution in [0.1, 0.15) is 12.8 Å². The van der Waals surface area contributed by atoms with Gasteiger partial charge >= 0.3 is 0 Å². The van der Waals surface area contributed by atoms with Crippen LogP contribution in [0.2, 0.25) is 0 Å². The van der Waals surface area contributed by atoms with Crippen molar-refractivity contribution in [1.82, 2.24) is 0 Å². The van der Waals surface area contributed by atoms with Gasteiger partial charge in [-0.1, -0.05) is 5.92 Å². The molecule has 2 nitrogen and oxygen atoms in total. The smallest absolute Gasteiger partial charge is 0.143 e. The molecule has 0 saturated carbocycles. The Balaban J connectivity index is 2.44. The predicted octanol–water partition coefficient (Wildman–Crippen LogP) is 0.814. The highest BCUT2D eigenvalue weighted by molar-refractivity contribution is 5.00. The molecular weight excluding hydrogens is 128 g/mol. The largest absolute Gasteiger partial charge is 0.378 e. The molecule has 2 atom stereocenters. The molecule has 0 aromatic rings. The quantitative estimate of drug-likeness (QED) is 0.502. The standard InChI is InChI=1S/C8H12O2/c1-3-7-8(9-2)5-4-6-10-7/h1,7-8H,4-6H2,2H3/t7-,8+/m1/s1. The van der Waals surface area contributed by atoms with Crippen molar-refractivity contribution in [3.8, 4) is 12.3 Å². The molecule has 1 aliphatic heterocycles. The normalized spacial score (nSPS) is 33.2. The van der Waals surface area contributed by atoms with Gasteiger partial charge in [0.1, 0.15) is 6.10 Å². The van der Waals surface area contributed by atoms with E-state index >= 15 is 0 Å². The van der Waals surface area contributed by atoms with E-state index in [0.717, 1.165) is 19.4 Å². The Morgan fingerprint density at radius 1 is 1.70 bits per heavy atom. The van der Waals surface area contributed by atoms with Crippen molar-refractivity contribution in [1.29, 1.82) is 0 Å². The summed E-state index contributed by atoms with van der Waals surface area (Å²) >= 11 is 0. The van der Waals surface area contributed by atoms with Crippen LogP contribution in [-0.4, -0.2) is 25.9 Å². The zero-order chi connectivity index (χ0) is 7.40. The van der Waals surface area contributed by atoms with Crippen molar-refractivity contribution in [2.75, 3.05) is 13.7 Å². The molecule has 1 rings (SSSR count). The molecule has 1 fully saturated rings. The van der Waals surface area contributed by atoms with Gasteiger partial charge in [0.05, 0.1) is 6.10 Å². The molecule has 1 aliphatic rings. The molecule has 0 amide bonds. The number of terminal acetylenes is 1. The second-order valence-corrected chi connectivity index (χ2v) is 2.37. The summed E-state index contributed by atoms with van der Waals surface area (Å²) < 4.78 is 10.4. The lowest BCUT2D eigenvalue weighted by molar-refractivity contribution is -0.0631. The van der Waals surface area contributed by atoms with E-state index in [-0.39, 0.29) is 12.2 Å². The molecule has 0 unspecified atom stereocenters. The van der Waals surface area contributed by atoms with Gasteiger partial charge in [-0.25, -0.2) is 0 Å². The van der Waals surface area contributed by atoms with Crippen molar-refractivity contribution >= 4 is 0 Å². The lowest BCUT2D eigenvalue weighted by Crippen LogP contribution is -2.34. The molecule has 0 aromatic heterocycles. The second kappa shape index (κ2) is 3.60. The summed E-state index contributed by atoms with van der Waals surface area (Å²) in [6.07, 6.45) is 7.27. The Morgan fingerprint density at radius 3 is 3.00 bits per heavy atom. The summed E-state index contributed by atoms with van der Waals surface area (Å²) in [6.45, 7) is 0.773. The lowest BCUT2D eigenvalue weighted by atomic mass is 10.1. The predicted molar refractivity (Wildman–Crippen MR) is 38.6 cm³/mol. The van der Waals surface area contributed by atoms with Crippen molar-refractivity contribution in [3.63, 3.8) is 0 Å². The SMILES string of the molecule is C#C[C@H]1OCCC[C@@H]1OC. The van der Waals surface area contributed by atoms with Crippen molar-refractivity contribution in [2.45, 2.75) is 25.0 Å². The molecule has 1 heterocycles. The molecule has 0 spiro atoms. The molecule has 0 N–H and O–H groups in total. The van der Waals surface area contributed by atoms with E-state index in [1.54, 1.807) is 7.11 Å². The Hall–Kier alpha value is -0.520. The summed E-state index contributed by atoms with van der Waals surface area (Å²) in [6, 6.07) is 0. The summed E-state index contributed by atoms with van der Waals surface area (Å²) in [4.78, 5) is 0. The average molecular weight is 140 g/mol. The summed E-state index contributed by atoms with van der Waals surface area (Å²) in [5.41, 5.74) is 0. The third-order valence-corrected chi connectivity index (χ3v) is 1.74. The maximum Gasteiger partial charge on any atom is 0.143 e. The minimum Gasteiger partial charge on any atom is -0.378 e. The molecular formula is C8H12O2. The van der Waals surface area contributed by atoms with E-state index in [2.05, 4.69) is 5.92 Å². The second-order valence-electron chi connectivity index (χ2n) is 2.37. The lowest BCUT2D eigenvalue weighted by Gasteiger charge is -2.26. The van der Waals surface area contributed by atoms with E-state index < -0.39 is 0 Å². The van der Waals surface area contributed by atoms with E-state index in [1.165, 1.54) is 0 Å². The fourth-order valence-electron chi connectivity index (χ4n) is 1.15. The first-order chi connectivity index (χ1) is 4.88. The Morgan fingerprint density at radius 2 is 2.50 bits per heavy atom. The topological polar surface area (TPSA) is 18.5 Å². The molecule has 2 heteroatoms. The molecule has 56 valence electrons. The molecule has 0 aliphatic carbocycles. The minimum atomic E-state index is -0.126. The Bertz CT molecular complexity index is 137. The van der Waals surface area contributed by atoms with Gasteiger partial charge in [-0.05, 0) is 12.8 Å². The first-order valence-corrected chi connectivity index (χ1v) is 3.49. The van der Waals surface area contributed by atoms with Crippen LogP contribution in [0.25, 0.3) is 0 Å². The first-order valence-electron chi connectivity index (χ1n) is 3.49. The third kappa shape index (κ3) is 1.50. The van der Waals surface area contributed by atoms with Crippen LogP contribution in [0.4, 0.5) is 0 Å². The summed E-state index contributed by atoms with van der Waals surface area (Å²) in [5, 5.41) is 0. The van der Waals surface area contributed by atoms with Crippen molar-refractivity contribution in [3.05, 3.63) is 0 Å². The maximum absolute atomic E-state index is 5.27. The molecule has 10 heavy (non-hydrogen) atoms. The molecule has 0 bridgehead atoms. The number of rotatable bonds is 1. The summed E-state index contributed by atoms with van der Waals surface area (Å²) in [7, 11) is 1.67. The monoisotopic (exact) mass is 140 g/mol. The van der Waals surface area contributed by atoms with Crippen LogP contribution in [0.5, 0.6) is 0 Å². The molecule has 1 saturated heterocycles. The fourth-order valence-corrected chi connectivity index (χ4v) is 1.15. The van der Waals surface area contributed by atoms with Gasteiger partial charge in [0.25, 0.3) is 0 Å². The van der Waals surface area contributed by atoms with Gasteiger partial charge in [0, 0.05) is 13.7 Å². The van der Waals surface area contributed by atoms with Gasteiger partial charge in [0.15, 0.2) is 0 Å². The van der Waals surface area contributed by atoms with Crippen LogP contribution in [0.15, 0.2) is 0 Å². The number of ether oxygens (including phenoxy) is 2. The maximum atomic E-state index is 5.27. The highest BCUT2D eigenvalue weighted by Crippen LogP contribution is 2.15. The van der Waals surface area contributed by atoms with E-state index in [9.17, 15) is 0 Å². The number of hydrogen-bond acceptors (Lipinski definition) is 2. The minimum absolute atomic E-state index is 0.110. The summed E-state index contributed by atoms with van der Waals surface area (Å²) in [5.74, 6) is 2.56. The van der Waals surface area contributed by atoms with Gasteiger partial charge < -0.3 is 9.47 Å². The highest BCUT2D eigenvalue weighted by Gasteiger charge is 2.23. The van der Waals surface area contributed by atoms with Gasteiger partial charge in [-0.3, -0.25) is 0 Å². The van der Waals surface area contributed by atoms with Crippen LogP contribution in [0, 0.1) is 12.3 Å². The van der Waals surface area contributed by atoms with Gasteiger partial charge in [-0.2, -0.15) is 0 Å². The van der Waals surface area contributed by atoms with Crippen LogP contribution in [-0.2, 0) is 9.47 Å². The highest BCUT2D eigenvalue weighted by atomic mass is 16.5. The zero-order valence-electron chi connectivity index (χ0n) is 6.17. The van der Waals surface area contributed by atoms with E-state index in [4.69, 9.17) is 15.9 Å². The molecule has 0 aromatic carbocycles. The van der Waals surface area contributed by atoms with Crippen LogP contribution < -0.4 is 0 Å². The fraction of sp³-hybridized carbons (Fsp3) is 0.750. The average Bonchev–Trinajstić information content (AvgIpc) is 2.04. The van der Waals surface area contributed by atoms with E-state index in [1.807, 2.05) is 0 Å². The number of methoxy groups -OCH3 is 1. The van der Waals surface area contributed by atoms with E-state index in [0.29, 0.717) is 0 Å². The third-order valence-electron chi connectivity index (χ3n) is 1.74.